The molecule has 1 amide bonds. The Kier molecular flexibility index (Phi) is 3.89. The molecule has 0 saturated heterocycles. The molecule has 0 spiro atoms. The predicted octanol–water partition coefficient (Wildman–Crippen LogP) is 3.91. The van der Waals surface area contributed by atoms with Gasteiger partial charge in [0, 0.05) is 17.5 Å². The molecule has 130 valence electrons. The molecule has 0 atom stereocenters. The number of sulfone groups is 1. The molecule has 3 aromatic rings. The standard InChI is InChI=1S/C21H17NO3S/c1-26(24,25)18-7-4-6-16(12-18)21(23)22-17-10-9-15-11-14-5-2-3-8-19(14)20(15)13-17/h2-10,12-13H,11H2,1H3,(H,22,23). The first kappa shape index (κ1) is 16.5. The van der Waals surface area contributed by atoms with Gasteiger partial charge in [0.15, 0.2) is 9.84 Å². The monoisotopic (exact) mass is 363 g/mol. The summed E-state index contributed by atoms with van der Waals surface area (Å²) in [6.45, 7) is 0. The van der Waals surface area contributed by atoms with Crippen LogP contribution in [-0.2, 0) is 16.3 Å². The molecule has 26 heavy (non-hydrogen) atoms. The quantitative estimate of drug-likeness (QED) is 0.600. The van der Waals surface area contributed by atoms with Gasteiger partial charge in [-0.1, -0.05) is 36.4 Å². The Labute approximate surface area is 152 Å². The Morgan fingerprint density at radius 1 is 0.885 bits per heavy atom. The van der Waals surface area contributed by atoms with E-state index in [0.29, 0.717) is 11.3 Å². The van der Waals surface area contributed by atoms with E-state index in [9.17, 15) is 13.2 Å². The van der Waals surface area contributed by atoms with Crippen molar-refractivity contribution in [2.24, 2.45) is 0 Å². The molecule has 0 saturated carbocycles. The maximum atomic E-state index is 12.5. The zero-order valence-corrected chi connectivity index (χ0v) is 15.0. The fraction of sp³-hybridized carbons (Fsp3) is 0.0952. The van der Waals surface area contributed by atoms with Gasteiger partial charge in [-0.3, -0.25) is 4.79 Å². The minimum Gasteiger partial charge on any atom is -0.322 e. The molecule has 5 heteroatoms. The van der Waals surface area contributed by atoms with E-state index in [-0.39, 0.29) is 10.8 Å². The number of anilines is 1. The fourth-order valence-electron chi connectivity index (χ4n) is 3.27. The number of rotatable bonds is 3. The lowest BCUT2D eigenvalue weighted by molar-refractivity contribution is 0.102. The lowest BCUT2D eigenvalue weighted by Gasteiger charge is -2.09. The molecule has 4 rings (SSSR count). The van der Waals surface area contributed by atoms with Crippen LogP contribution in [-0.4, -0.2) is 20.6 Å². The fourth-order valence-corrected chi connectivity index (χ4v) is 3.94. The van der Waals surface area contributed by atoms with E-state index in [2.05, 4.69) is 17.4 Å². The lowest BCUT2D eigenvalue weighted by Crippen LogP contribution is -2.12. The van der Waals surface area contributed by atoms with Crippen LogP contribution in [0.3, 0.4) is 0 Å². The van der Waals surface area contributed by atoms with Crippen molar-refractivity contribution in [1.29, 1.82) is 0 Å². The summed E-state index contributed by atoms with van der Waals surface area (Å²) in [7, 11) is -3.35. The first-order valence-corrected chi connectivity index (χ1v) is 10.1. The highest BCUT2D eigenvalue weighted by molar-refractivity contribution is 7.90. The SMILES string of the molecule is CS(=O)(=O)c1cccc(C(=O)Nc2ccc3c(c2)-c2ccccc2C3)c1. The van der Waals surface area contributed by atoms with Gasteiger partial charge < -0.3 is 5.32 Å². The van der Waals surface area contributed by atoms with E-state index in [1.54, 1.807) is 12.1 Å². The second kappa shape index (κ2) is 6.11. The van der Waals surface area contributed by atoms with Crippen molar-refractivity contribution in [2.45, 2.75) is 11.3 Å². The number of fused-ring (bicyclic) bond motifs is 3. The highest BCUT2D eigenvalue weighted by atomic mass is 32.2. The molecule has 0 unspecified atom stereocenters. The first-order valence-electron chi connectivity index (χ1n) is 8.24. The molecule has 3 aromatic carbocycles. The van der Waals surface area contributed by atoms with Crippen molar-refractivity contribution in [2.75, 3.05) is 11.6 Å². The highest BCUT2D eigenvalue weighted by Crippen LogP contribution is 2.37. The van der Waals surface area contributed by atoms with Crippen molar-refractivity contribution in [3.8, 4) is 11.1 Å². The zero-order chi connectivity index (χ0) is 18.3. The normalized spacial score (nSPS) is 12.3. The Morgan fingerprint density at radius 3 is 2.46 bits per heavy atom. The van der Waals surface area contributed by atoms with Gasteiger partial charge in [0.05, 0.1) is 4.90 Å². The minimum atomic E-state index is -3.35. The van der Waals surface area contributed by atoms with Crippen molar-refractivity contribution in [3.63, 3.8) is 0 Å². The van der Waals surface area contributed by atoms with Crippen LogP contribution in [0.15, 0.2) is 71.6 Å². The van der Waals surface area contributed by atoms with Gasteiger partial charge in [-0.25, -0.2) is 8.42 Å². The van der Waals surface area contributed by atoms with Gasteiger partial charge in [-0.05, 0) is 59.0 Å². The van der Waals surface area contributed by atoms with Crippen LogP contribution in [0.2, 0.25) is 0 Å². The third-order valence-corrected chi connectivity index (χ3v) is 5.69. The van der Waals surface area contributed by atoms with Crippen molar-refractivity contribution < 1.29 is 13.2 Å². The molecule has 0 heterocycles. The Morgan fingerprint density at radius 2 is 1.65 bits per heavy atom. The van der Waals surface area contributed by atoms with E-state index in [4.69, 9.17) is 0 Å². The molecule has 0 bridgehead atoms. The summed E-state index contributed by atoms with van der Waals surface area (Å²) in [5, 5.41) is 2.86. The summed E-state index contributed by atoms with van der Waals surface area (Å²) >= 11 is 0. The first-order chi connectivity index (χ1) is 12.4. The number of carbonyl (C=O) groups is 1. The van der Waals surface area contributed by atoms with Crippen molar-refractivity contribution >= 4 is 21.4 Å². The molecule has 4 nitrogen and oxygen atoms in total. The van der Waals surface area contributed by atoms with Gasteiger partial charge in [0.2, 0.25) is 0 Å². The van der Waals surface area contributed by atoms with Crippen molar-refractivity contribution in [3.05, 3.63) is 83.4 Å². The lowest BCUT2D eigenvalue weighted by atomic mass is 10.1. The third kappa shape index (κ3) is 3.02. The number of hydrogen-bond donors (Lipinski definition) is 1. The molecule has 0 aliphatic heterocycles. The zero-order valence-electron chi connectivity index (χ0n) is 14.2. The maximum Gasteiger partial charge on any atom is 0.255 e. The summed E-state index contributed by atoms with van der Waals surface area (Å²) < 4.78 is 23.4. The molecule has 0 aromatic heterocycles. The summed E-state index contributed by atoms with van der Waals surface area (Å²) in [4.78, 5) is 12.7. The van der Waals surface area contributed by atoms with E-state index < -0.39 is 9.84 Å². The maximum absolute atomic E-state index is 12.5. The van der Waals surface area contributed by atoms with E-state index in [1.165, 1.54) is 28.8 Å². The Bertz CT molecular complexity index is 1130. The van der Waals surface area contributed by atoms with Crippen LogP contribution in [0.4, 0.5) is 5.69 Å². The molecule has 1 N–H and O–H groups in total. The van der Waals surface area contributed by atoms with Crippen LogP contribution in [0.25, 0.3) is 11.1 Å². The molecular formula is C21H17NO3S. The minimum absolute atomic E-state index is 0.132. The molecule has 1 aliphatic rings. The van der Waals surface area contributed by atoms with Gasteiger partial charge in [0.1, 0.15) is 0 Å². The van der Waals surface area contributed by atoms with Crippen LogP contribution >= 0.6 is 0 Å². The number of benzene rings is 3. The van der Waals surface area contributed by atoms with Crippen molar-refractivity contribution in [1.82, 2.24) is 0 Å². The predicted molar refractivity (Wildman–Crippen MR) is 102 cm³/mol. The second-order valence-electron chi connectivity index (χ2n) is 6.46. The largest absolute Gasteiger partial charge is 0.322 e. The summed E-state index contributed by atoms with van der Waals surface area (Å²) in [6, 6.07) is 20.2. The van der Waals surface area contributed by atoms with E-state index in [0.717, 1.165) is 18.2 Å². The van der Waals surface area contributed by atoms with E-state index in [1.807, 2.05) is 30.3 Å². The van der Waals surface area contributed by atoms with Gasteiger partial charge in [-0.15, -0.1) is 0 Å². The molecule has 0 fully saturated rings. The number of carbonyl (C=O) groups excluding carboxylic acids is 1. The second-order valence-corrected chi connectivity index (χ2v) is 8.48. The molecular weight excluding hydrogens is 346 g/mol. The van der Waals surface area contributed by atoms with Crippen LogP contribution < -0.4 is 5.32 Å². The van der Waals surface area contributed by atoms with Crippen LogP contribution in [0.5, 0.6) is 0 Å². The number of amides is 1. The van der Waals surface area contributed by atoms with Gasteiger partial charge in [-0.2, -0.15) is 0 Å². The van der Waals surface area contributed by atoms with Gasteiger partial charge >= 0.3 is 0 Å². The Hall–Kier alpha value is -2.92. The Balaban J connectivity index is 1.63. The van der Waals surface area contributed by atoms with Crippen LogP contribution in [0, 0.1) is 0 Å². The topological polar surface area (TPSA) is 63.2 Å². The van der Waals surface area contributed by atoms with Gasteiger partial charge in [0.25, 0.3) is 5.91 Å². The van der Waals surface area contributed by atoms with Crippen LogP contribution in [0.1, 0.15) is 21.5 Å². The van der Waals surface area contributed by atoms with E-state index >= 15 is 0 Å². The summed E-state index contributed by atoms with van der Waals surface area (Å²) in [5.41, 5.74) is 5.85. The third-order valence-electron chi connectivity index (χ3n) is 4.58. The smallest absolute Gasteiger partial charge is 0.255 e. The number of hydrogen-bond acceptors (Lipinski definition) is 3. The molecule has 1 aliphatic carbocycles. The average molecular weight is 363 g/mol. The molecule has 0 radical (unpaired) electrons. The average Bonchev–Trinajstić information content (AvgIpc) is 2.99. The summed E-state index contributed by atoms with van der Waals surface area (Å²) in [5.74, 6) is -0.332. The summed E-state index contributed by atoms with van der Waals surface area (Å²) in [6.07, 6.45) is 2.03. The highest BCUT2D eigenvalue weighted by Gasteiger charge is 2.18. The number of nitrogens with one attached hydrogen (secondary N) is 1.